The number of halogens is 2. The van der Waals surface area contributed by atoms with E-state index in [9.17, 15) is 4.39 Å². The van der Waals surface area contributed by atoms with Crippen molar-refractivity contribution in [2.45, 2.75) is 0 Å². The van der Waals surface area contributed by atoms with E-state index in [2.05, 4.69) is 31.1 Å². The highest BCUT2D eigenvalue weighted by molar-refractivity contribution is 9.10. The molecule has 20 heavy (non-hydrogen) atoms. The Labute approximate surface area is 121 Å². The lowest BCUT2D eigenvalue weighted by Crippen LogP contribution is -1.90. The first-order valence-electron chi connectivity index (χ1n) is 5.65. The van der Waals surface area contributed by atoms with Gasteiger partial charge >= 0.3 is 0 Å². The predicted molar refractivity (Wildman–Crippen MR) is 75.0 cm³/mol. The Morgan fingerprint density at radius 2 is 2.10 bits per heavy atom. The number of pyridine rings is 1. The average Bonchev–Trinajstić information content (AvgIpc) is 2.92. The van der Waals surface area contributed by atoms with Gasteiger partial charge < -0.3 is 10.3 Å². The number of nitrogens with zero attached hydrogens (tertiary/aromatic N) is 3. The summed E-state index contributed by atoms with van der Waals surface area (Å²) in [6.45, 7) is 0. The van der Waals surface area contributed by atoms with E-state index in [-0.39, 0.29) is 11.6 Å². The highest BCUT2D eigenvalue weighted by Gasteiger charge is 2.14. The summed E-state index contributed by atoms with van der Waals surface area (Å²) in [6.07, 6.45) is 1.62. The lowest BCUT2D eigenvalue weighted by molar-refractivity contribution is 0.432. The van der Waals surface area contributed by atoms with Gasteiger partial charge in [0.2, 0.25) is 5.82 Å². The molecule has 3 rings (SSSR count). The highest BCUT2D eigenvalue weighted by atomic mass is 79.9. The van der Waals surface area contributed by atoms with Gasteiger partial charge in [-0.3, -0.25) is 4.98 Å². The molecule has 100 valence electrons. The van der Waals surface area contributed by atoms with E-state index in [1.54, 1.807) is 18.3 Å². The van der Waals surface area contributed by atoms with Crippen LogP contribution in [-0.4, -0.2) is 15.1 Å². The maximum absolute atomic E-state index is 13.4. The summed E-state index contributed by atoms with van der Waals surface area (Å²) in [5.41, 5.74) is 6.51. The Bertz CT molecular complexity index is 775. The Morgan fingerprint density at radius 1 is 1.25 bits per heavy atom. The van der Waals surface area contributed by atoms with Crippen LogP contribution < -0.4 is 5.73 Å². The van der Waals surface area contributed by atoms with Crippen LogP contribution in [0.5, 0.6) is 0 Å². The Kier molecular flexibility index (Phi) is 3.19. The minimum absolute atomic E-state index is 0.0703. The highest BCUT2D eigenvalue weighted by Crippen LogP contribution is 2.27. The normalized spacial score (nSPS) is 10.7. The Hall–Kier alpha value is -2.28. The fraction of sp³-hybridized carbons (Fsp3) is 0. The SMILES string of the molecule is Nc1ccc(-c2nc(-c3ncccc3Br)no2)cc1F. The Morgan fingerprint density at radius 3 is 2.85 bits per heavy atom. The van der Waals surface area contributed by atoms with Crippen LogP contribution in [0.25, 0.3) is 23.0 Å². The van der Waals surface area contributed by atoms with Crippen LogP contribution in [0, 0.1) is 5.82 Å². The van der Waals surface area contributed by atoms with Crippen LogP contribution in [0.3, 0.4) is 0 Å². The molecular weight excluding hydrogens is 327 g/mol. The average molecular weight is 335 g/mol. The third-order valence-corrected chi connectivity index (χ3v) is 3.28. The summed E-state index contributed by atoms with van der Waals surface area (Å²) in [5.74, 6) is 0.00225. The van der Waals surface area contributed by atoms with Gasteiger partial charge in [0.1, 0.15) is 11.5 Å². The molecule has 0 fully saturated rings. The first-order chi connectivity index (χ1) is 9.65. The van der Waals surface area contributed by atoms with Crippen LogP contribution >= 0.6 is 15.9 Å². The predicted octanol–water partition coefficient (Wildman–Crippen LogP) is 3.28. The summed E-state index contributed by atoms with van der Waals surface area (Å²) in [4.78, 5) is 8.37. The molecule has 0 unspecified atom stereocenters. The first-order valence-corrected chi connectivity index (χ1v) is 6.44. The number of nitrogen functional groups attached to an aromatic ring is 1. The van der Waals surface area contributed by atoms with Crippen LogP contribution in [0.1, 0.15) is 0 Å². The van der Waals surface area contributed by atoms with Gasteiger partial charge in [0, 0.05) is 16.2 Å². The number of benzene rings is 1. The number of hydrogen-bond acceptors (Lipinski definition) is 5. The van der Waals surface area contributed by atoms with Crippen LogP contribution in [0.2, 0.25) is 0 Å². The second-order valence-corrected chi connectivity index (χ2v) is 4.85. The summed E-state index contributed by atoms with van der Waals surface area (Å²) < 4.78 is 19.3. The molecular formula is C13H8BrFN4O. The van der Waals surface area contributed by atoms with Gasteiger partial charge in [-0.1, -0.05) is 5.16 Å². The van der Waals surface area contributed by atoms with Crippen LogP contribution in [-0.2, 0) is 0 Å². The molecule has 0 aliphatic carbocycles. The van der Waals surface area contributed by atoms with Crippen molar-refractivity contribution in [2.75, 3.05) is 5.73 Å². The monoisotopic (exact) mass is 334 g/mol. The molecule has 0 amide bonds. The van der Waals surface area contributed by atoms with Crippen molar-refractivity contribution < 1.29 is 8.91 Å². The van der Waals surface area contributed by atoms with Gasteiger partial charge in [-0.2, -0.15) is 4.98 Å². The number of nitrogens with two attached hydrogens (primary N) is 1. The molecule has 0 aliphatic heterocycles. The van der Waals surface area contributed by atoms with Crippen molar-refractivity contribution in [1.82, 2.24) is 15.1 Å². The molecule has 0 saturated carbocycles. The largest absolute Gasteiger partial charge is 0.396 e. The van der Waals surface area contributed by atoms with Crippen molar-refractivity contribution in [1.29, 1.82) is 0 Å². The van der Waals surface area contributed by atoms with Crippen molar-refractivity contribution in [2.24, 2.45) is 0 Å². The zero-order valence-corrected chi connectivity index (χ0v) is 11.6. The van der Waals surface area contributed by atoms with Gasteiger partial charge in [0.05, 0.1) is 5.69 Å². The lowest BCUT2D eigenvalue weighted by Gasteiger charge is -1.98. The number of aromatic nitrogens is 3. The van der Waals surface area contributed by atoms with Gasteiger partial charge in [-0.05, 0) is 46.3 Å². The summed E-state index contributed by atoms with van der Waals surface area (Å²) in [5, 5.41) is 3.84. The van der Waals surface area contributed by atoms with Crippen molar-refractivity contribution >= 4 is 21.6 Å². The van der Waals surface area contributed by atoms with Crippen molar-refractivity contribution in [3.05, 3.63) is 46.8 Å². The molecule has 2 aromatic heterocycles. The van der Waals surface area contributed by atoms with Crippen LogP contribution in [0.4, 0.5) is 10.1 Å². The minimum Gasteiger partial charge on any atom is -0.396 e. The Balaban J connectivity index is 2.02. The molecule has 1 aromatic carbocycles. The van der Waals surface area contributed by atoms with Gasteiger partial charge in [-0.15, -0.1) is 0 Å². The fourth-order valence-electron chi connectivity index (χ4n) is 1.65. The first kappa shape index (κ1) is 12.7. The molecule has 5 nitrogen and oxygen atoms in total. The summed E-state index contributed by atoms with van der Waals surface area (Å²) >= 11 is 3.36. The molecule has 0 aliphatic rings. The third-order valence-electron chi connectivity index (χ3n) is 2.64. The lowest BCUT2D eigenvalue weighted by atomic mass is 10.2. The zero-order chi connectivity index (χ0) is 14.1. The van der Waals surface area contributed by atoms with Gasteiger partial charge in [0.25, 0.3) is 5.89 Å². The van der Waals surface area contributed by atoms with Crippen LogP contribution in [0.15, 0.2) is 45.5 Å². The zero-order valence-electron chi connectivity index (χ0n) is 10.0. The molecule has 3 aromatic rings. The number of hydrogen-bond donors (Lipinski definition) is 1. The van der Waals surface area contributed by atoms with E-state index in [4.69, 9.17) is 10.3 Å². The van der Waals surface area contributed by atoms with E-state index in [1.807, 2.05) is 6.07 Å². The molecule has 0 saturated heterocycles. The van der Waals surface area contributed by atoms with E-state index >= 15 is 0 Å². The van der Waals surface area contributed by atoms with Gasteiger partial charge in [-0.25, -0.2) is 4.39 Å². The molecule has 0 bridgehead atoms. The quantitative estimate of drug-likeness (QED) is 0.727. The second kappa shape index (κ2) is 5.01. The van der Waals surface area contributed by atoms with Crippen molar-refractivity contribution in [3.8, 4) is 23.0 Å². The summed E-state index contributed by atoms with van der Waals surface area (Å²) in [6, 6.07) is 7.92. The van der Waals surface area contributed by atoms with E-state index in [1.165, 1.54) is 12.1 Å². The van der Waals surface area contributed by atoms with E-state index in [0.717, 1.165) is 4.47 Å². The van der Waals surface area contributed by atoms with E-state index in [0.29, 0.717) is 17.1 Å². The molecule has 2 heterocycles. The third kappa shape index (κ3) is 2.27. The van der Waals surface area contributed by atoms with Gasteiger partial charge in [0.15, 0.2) is 0 Å². The fourth-order valence-corrected chi connectivity index (χ4v) is 2.08. The molecule has 7 heteroatoms. The maximum atomic E-state index is 13.4. The maximum Gasteiger partial charge on any atom is 0.258 e. The number of anilines is 1. The smallest absolute Gasteiger partial charge is 0.258 e. The molecule has 2 N–H and O–H groups in total. The topological polar surface area (TPSA) is 77.8 Å². The van der Waals surface area contributed by atoms with Crippen molar-refractivity contribution in [3.63, 3.8) is 0 Å². The number of rotatable bonds is 2. The summed E-state index contributed by atoms with van der Waals surface area (Å²) in [7, 11) is 0. The second-order valence-electron chi connectivity index (χ2n) is 3.99. The molecule has 0 radical (unpaired) electrons. The standard InChI is InChI=1S/C13H8BrFN4O/c14-8-2-1-5-17-11(8)12-18-13(20-19-12)7-3-4-10(16)9(15)6-7/h1-6H,16H2. The van der Waals surface area contributed by atoms with E-state index < -0.39 is 5.82 Å². The minimum atomic E-state index is -0.527. The molecule has 0 atom stereocenters. The molecule has 0 spiro atoms.